The van der Waals surface area contributed by atoms with E-state index in [0.717, 1.165) is 113 Å². The van der Waals surface area contributed by atoms with E-state index >= 15 is 0 Å². The number of aryl methyl sites for hydroxylation is 4. The fourth-order valence-corrected chi connectivity index (χ4v) is 7.01. The number of aromatic amines is 2. The molecular weight excluding hydrogens is 641 g/mol. The number of nitrogens with zero attached hydrogens (tertiary/aromatic N) is 6. The number of hydrogen-bond donors (Lipinski definition) is 2. The van der Waals surface area contributed by atoms with Gasteiger partial charge in [-0.1, -0.05) is 24.3 Å². The van der Waals surface area contributed by atoms with E-state index in [-0.39, 0.29) is 0 Å². The van der Waals surface area contributed by atoms with E-state index in [1.807, 2.05) is 100 Å². The summed E-state index contributed by atoms with van der Waals surface area (Å²) in [7, 11) is 0. The highest BCUT2D eigenvalue weighted by molar-refractivity contribution is 5.98. The standard InChI is InChI=1S/C44H34N8/c1-25-9-5-13-29(45-25)41-33-17-19-35(49-33)42(30-14-6-10-26(2)46-30)37-21-23-39(51-37)44(32-16-8-12-28(4)48-32)40-24-22-38(52-40)43(36-20-18-34(41)50-36)31-15-7-11-27(3)47-31/h5-24,49,52H,1-4H3. The third kappa shape index (κ3) is 5.60. The van der Waals surface area contributed by atoms with Crippen LogP contribution in [0.25, 0.3) is 91.4 Å². The lowest BCUT2D eigenvalue weighted by Gasteiger charge is -2.07. The fourth-order valence-electron chi connectivity index (χ4n) is 7.01. The number of pyridine rings is 4. The van der Waals surface area contributed by atoms with E-state index in [1.165, 1.54) is 0 Å². The van der Waals surface area contributed by atoms with Gasteiger partial charge < -0.3 is 9.97 Å². The van der Waals surface area contributed by atoms with Crippen LogP contribution in [0, 0.1) is 27.7 Å². The minimum Gasteiger partial charge on any atom is -0.354 e. The molecule has 9 rings (SSSR count). The van der Waals surface area contributed by atoms with Crippen molar-refractivity contribution in [1.29, 1.82) is 0 Å². The average Bonchev–Trinajstić information content (AvgIpc) is 3.96. The number of fused-ring (bicyclic) bond motifs is 8. The molecule has 8 heteroatoms. The summed E-state index contributed by atoms with van der Waals surface area (Å²) in [6, 6.07) is 32.7. The van der Waals surface area contributed by atoms with Crippen LogP contribution in [0.5, 0.6) is 0 Å². The fraction of sp³-hybridized carbons (Fsp3) is 0.0909. The molecule has 52 heavy (non-hydrogen) atoms. The summed E-state index contributed by atoms with van der Waals surface area (Å²) < 4.78 is 0. The molecule has 2 aliphatic rings. The zero-order valence-corrected chi connectivity index (χ0v) is 29.2. The van der Waals surface area contributed by atoms with Crippen LogP contribution >= 0.6 is 0 Å². The summed E-state index contributed by atoms with van der Waals surface area (Å²) in [6.07, 6.45) is 8.27. The maximum Gasteiger partial charge on any atom is 0.0753 e. The summed E-state index contributed by atoms with van der Waals surface area (Å²) >= 11 is 0. The Morgan fingerprint density at radius 1 is 0.308 bits per heavy atom. The van der Waals surface area contributed by atoms with Crippen molar-refractivity contribution in [1.82, 2.24) is 39.9 Å². The van der Waals surface area contributed by atoms with E-state index in [1.54, 1.807) is 0 Å². The van der Waals surface area contributed by atoms with Crippen molar-refractivity contribution in [3.05, 3.63) is 143 Å². The molecule has 7 aromatic heterocycles. The van der Waals surface area contributed by atoms with Gasteiger partial charge in [-0.2, -0.15) is 0 Å². The number of hydrogen-bond acceptors (Lipinski definition) is 6. The molecule has 7 aromatic rings. The summed E-state index contributed by atoms with van der Waals surface area (Å²) in [4.78, 5) is 38.1. The number of nitrogens with one attached hydrogen (secondary N) is 2. The lowest BCUT2D eigenvalue weighted by Crippen LogP contribution is -1.94. The first kappa shape index (κ1) is 31.2. The van der Waals surface area contributed by atoms with Gasteiger partial charge in [-0.25, -0.2) is 9.97 Å². The summed E-state index contributed by atoms with van der Waals surface area (Å²) in [6.45, 7) is 8.03. The maximum absolute atomic E-state index is 5.33. The first-order valence-corrected chi connectivity index (χ1v) is 17.3. The number of aromatic nitrogens is 8. The van der Waals surface area contributed by atoms with Gasteiger partial charge >= 0.3 is 0 Å². The van der Waals surface area contributed by atoms with Crippen molar-refractivity contribution in [2.24, 2.45) is 0 Å². The zero-order chi connectivity index (χ0) is 35.3. The Labute approximate surface area is 300 Å². The van der Waals surface area contributed by atoms with Gasteiger partial charge in [0.05, 0.1) is 67.6 Å². The van der Waals surface area contributed by atoms with Gasteiger partial charge in [0.2, 0.25) is 0 Å². The lowest BCUT2D eigenvalue weighted by atomic mass is 10.1. The van der Waals surface area contributed by atoms with E-state index in [4.69, 9.17) is 29.9 Å². The van der Waals surface area contributed by atoms with Crippen LogP contribution in [0.1, 0.15) is 45.6 Å². The van der Waals surface area contributed by atoms with Gasteiger partial charge in [0, 0.05) is 45.0 Å². The third-order valence-corrected chi connectivity index (χ3v) is 9.33. The second-order valence-electron chi connectivity index (χ2n) is 13.2. The second-order valence-corrected chi connectivity index (χ2v) is 13.2. The Hall–Kier alpha value is -6.80. The second kappa shape index (κ2) is 12.5. The van der Waals surface area contributed by atoms with Gasteiger partial charge in [0.25, 0.3) is 0 Å². The molecule has 0 radical (unpaired) electrons. The van der Waals surface area contributed by atoms with E-state index < -0.39 is 0 Å². The van der Waals surface area contributed by atoms with Crippen molar-refractivity contribution in [2.45, 2.75) is 27.7 Å². The molecule has 8 bridgehead atoms. The number of rotatable bonds is 4. The normalized spacial score (nSPS) is 12.1. The maximum atomic E-state index is 5.33. The van der Waals surface area contributed by atoms with Crippen LogP contribution in [0.2, 0.25) is 0 Å². The molecule has 8 nitrogen and oxygen atoms in total. The predicted octanol–water partition coefficient (Wildman–Crippen LogP) is 10.1. The van der Waals surface area contributed by atoms with E-state index in [9.17, 15) is 0 Å². The Morgan fingerprint density at radius 3 is 0.788 bits per heavy atom. The Bertz CT molecular complexity index is 2430. The molecule has 250 valence electrons. The number of H-pyrrole nitrogens is 2. The van der Waals surface area contributed by atoms with Crippen LogP contribution in [0.3, 0.4) is 0 Å². The van der Waals surface area contributed by atoms with Gasteiger partial charge in [0.15, 0.2) is 0 Å². The lowest BCUT2D eigenvalue weighted by molar-refractivity contribution is 1.19. The highest BCUT2D eigenvalue weighted by atomic mass is 14.8. The highest BCUT2D eigenvalue weighted by Crippen LogP contribution is 2.37. The predicted molar refractivity (Wildman–Crippen MR) is 211 cm³/mol. The SMILES string of the molecule is Cc1cccc(-c2c3nc(c(-c4cccc(C)n4)c4ccc([nH]4)c(-c4cccc(C)n4)c4nc(c(-c5cccc(C)n5)c5ccc2[nH]5)C=C4)C=C3)n1. The largest absolute Gasteiger partial charge is 0.354 e. The van der Waals surface area contributed by atoms with Crippen LogP contribution in [-0.2, 0) is 0 Å². The van der Waals surface area contributed by atoms with Crippen LogP contribution in [0.4, 0.5) is 0 Å². The van der Waals surface area contributed by atoms with Gasteiger partial charge in [-0.15, -0.1) is 0 Å². The van der Waals surface area contributed by atoms with E-state index in [2.05, 4.69) is 58.5 Å². The van der Waals surface area contributed by atoms with Crippen LogP contribution < -0.4 is 0 Å². The average molecular weight is 675 g/mol. The highest BCUT2D eigenvalue weighted by Gasteiger charge is 2.20. The Kier molecular flexibility index (Phi) is 7.51. The molecule has 9 heterocycles. The van der Waals surface area contributed by atoms with E-state index in [0.29, 0.717) is 0 Å². The van der Waals surface area contributed by atoms with Crippen molar-refractivity contribution < 1.29 is 0 Å². The molecule has 0 spiro atoms. The summed E-state index contributed by atoms with van der Waals surface area (Å²) in [5.41, 5.74) is 17.3. The summed E-state index contributed by atoms with van der Waals surface area (Å²) in [5.74, 6) is 0. The molecule has 0 aromatic carbocycles. The molecule has 0 fully saturated rings. The van der Waals surface area contributed by atoms with Gasteiger partial charge in [-0.3, -0.25) is 19.9 Å². The molecule has 0 amide bonds. The third-order valence-electron chi connectivity index (χ3n) is 9.33. The molecule has 2 aliphatic heterocycles. The molecule has 0 saturated carbocycles. The van der Waals surface area contributed by atoms with Crippen LogP contribution in [0.15, 0.2) is 97.1 Å². The summed E-state index contributed by atoms with van der Waals surface area (Å²) in [5, 5.41) is 0. The Morgan fingerprint density at radius 2 is 0.558 bits per heavy atom. The quantitative estimate of drug-likeness (QED) is 0.192. The van der Waals surface area contributed by atoms with Crippen LogP contribution in [-0.4, -0.2) is 39.9 Å². The van der Waals surface area contributed by atoms with Gasteiger partial charge in [0.1, 0.15) is 0 Å². The molecule has 0 unspecified atom stereocenters. The van der Waals surface area contributed by atoms with Crippen molar-refractivity contribution in [3.63, 3.8) is 0 Å². The minimum atomic E-state index is 0.797. The molecule has 0 saturated heterocycles. The monoisotopic (exact) mass is 674 g/mol. The first-order chi connectivity index (χ1) is 25.4. The van der Waals surface area contributed by atoms with Crippen molar-refractivity contribution in [2.75, 3.05) is 0 Å². The first-order valence-electron chi connectivity index (χ1n) is 17.3. The molecule has 0 atom stereocenters. The smallest absolute Gasteiger partial charge is 0.0753 e. The molecule has 0 aliphatic carbocycles. The Balaban J connectivity index is 1.49. The van der Waals surface area contributed by atoms with Crippen molar-refractivity contribution >= 4 is 46.4 Å². The topological polar surface area (TPSA) is 109 Å². The zero-order valence-electron chi connectivity index (χ0n) is 29.2. The molecule has 2 N–H and O–H groups in total. The molecular formula is C44H34N8. The van der Waals surface area contributed by atoms with Crippen molar-refractivity contribution in [3.8, 4) is 45.0 Å². The van der Waals surface area contributed by atoms with Gasteiger partial charge in [-0.05, 0) is 125 Å². The minimum absolute atomic E-state index is 0.797.